The fraction of sp³-hybridized carbons (Fsp3) is 0.652. The molecule has 3 aliphatic heterocycles. The lowest BCUT2D eigenvalue weighted by molar-refractivity contribution is -0.351. The summed E-state index contributed by atoms with van der Waals surface area (Å²) in [6, 6.07) is 4.48. The molecule has 2 saturated heterocycles. The van der Waals surface area contributed by atoms with E-state index in [-0.39, 0.29) is 43.7 Å². The molecular weight excluding hydrogens is 493 g/mol. The van der Waals surface area contributed by atoms with E-state index in [1.165, 1.54) is 0 Å². The van der Waals surface area contributed by atoms with E-state index >= 15 is 0 Å². The van der Waals surface area contributed by atoms with Crippen molar-refractivity contribution in [1.82, 2.24) is 10.6 Å². The summed E-state index contributed by atoms with van der Waals surface area (Å²) in [7, 11) is 0. The molecular formula is C23H26ClF3N2O6. The molecule has 2 saturated carbocycles. The number of hydrogen-bond donors (Lipinski definition) is 3. The van der Waals surface area contributed by atoms with E-state index in [2.05, 4.69) is 15.4 Å². The third kappa shape index (κ3) is 4.96. The van der Waals surface area contributed by atoms with Crippen molar-refractivity contribution >= 4 is 23.4 Å². The number of benzene rings is 1. The molecule has 192 valence electrons. The summed E-state index contributed by atoms with van der Waals surface area (Å²) in [5.74, 6) is -0.289. The fourth-order valence-corrected chi connectivity index (χ4v) is 5.54. The van der Waals surface area contributed by atoms with Crippen LogP contribution in [0.3, 0.4) is 0 Å². The number of fused-ring (bicyclic) bond motifs is 4. The minimum Gasteiger partial charge on any atom is -0.480 e. The number of carbonyl (C=O) groups excluding carboxylic acids is 2. The summed E-state index contributed by atoms with van der Waals surface area (Å²) < 4.78 is 52.6. The Bertz CT molecular complexity index is 991. The van der Waals surface area contributed by atoms with Crippen LogP contribution in [0.15, 0.2) is 18.2 Å². The van der Waals surface area contributed by atoms with Gasteiger partial charge in [-0.15, -0.1) is 13.2 Å². The minimum absolute atomic E-state index is 0.0862. The normalized spacial score (nSPS) is 35.9. The first-order valence-corrected chi connectivity index (χ1v) is 12.0. The molecule has 0 aromatic heterocycles. The highest BCUT2D eigenvalue weighted by atomic mass is 35.5. The number of alkyl halides is 3. The number of nitrogens with one attached hydrogen (secondary N) is 2. The summed E-state index contributed by atoms with van der Waals surface area (Å²) in [6.45, 7) is 0.137. The van der Waals surface area contributed by atoms with Crippen molar-refractivity contribution in [2.45, 2.75) is 86.8 Å². The van der Waals surface area contributed by atoms with E-state index in [1.807, 2.05) is 0 Å². The van der Waals surface area contributed by atoms with Crippen molar-refractivity contribution in [3.63, 3.8) is 0 Å². The smallest absolute Gasteiger partial charge is 0.480 e. The van der Waals surface area contributed by atoms with Gasteiger partial charge in [0.25, 0.3) is 11.8 Å². The molecule has 5 aliphatic rings. The Balaban J connectivity index is 1.13. The highest BCUT2D eigenvalue weighted by Gasteiger charge is 2.55. The average molecular weight is 519 g/mol. The molecule has 12 heteroatoms. The van der Waals surface area contributed by atoms with E-state index in [1.54, 1.807) is 18.2 Å². The van der Waals surface area contributed by atoms with E-state index in [0.717, 1.165) is 0 Å². The molecule has 2 aliphatic carbocycles. The van der Waals surface area contributed by atoms with Crippen molar-refractivity contribution in [3.8, 4) is 5.75 Å². The molecule has 1 aromatic carbocycles. The number of aliphatic hydroxyl groups excluding tert-OH is 1. The minimum atomic E-state index is -4.68. The van der Waals surface area contributed by atoms with Crippen molar-refractivity contribution in [1.29, 1.82) is 0 Å². The second-order valence-electron chi connectivity index (χ2n) is 9.92. The molecule has 1 aromatic rings. The van der Waals surface area contributed by atoms with Crippen LogP contribution >= 0.6 is 11.6 Å². The van der Waals surface area contributed by atoms with E-state index in [9.17, 15) is 27.9 Å². The van der Waals surface area contributed by atoms with Crippen molar-refractivity contribution < 1.29 is 42.1 Å². The third-order valence-electron chi connectivity index (χ3n) is 7.50. The zero-order valence-electron chi connectivity index (χ0n) is 18.7. The average Bonchev–Trinajstić information content (AvgIpc) is 2.78. The molecule has 4 fully saturated rings. The number of aliphatic hydroxyl groups is 1. The van der Waals surface area contributed by atoms with Crippen LogP contribution in [0, 0.1) is 0 Å². The van der Waals surface area contributed by atoms with Gasteiger partial charge in [-0.1, -0.05) is 11.6 Å². The monoisotopic (exact) mass is 518 g/mol. The van der Waals surface area contributed by atoms with E-state index in [0.29, 0.717) is 42.0 Å². The van der Waals surface area contributed by atoms with Gasteiger partial charge in [0.1, 0.15) is 11.4 Å². The van der Waals surface area contributed by atoms with Gasteiger partial charge < -0.3 is 25.2 Å². The first-order valence-electron chi connectivity index (χ1n) is 11.6. The zero-order valence-corrected chi connectivity index (χ0v) is 19.5. The molecule has 3 heterocycles. The van der Waals surface area contributed by atoms with Gasteiger partial charge in [-0.3, -0.25) is 14.3 Å². The van der Waals surface area contributed by atoms with Gasteiger partial charge in [0, 0.05) is 23.0 Å². The van der Waals surface area contributed by atoms with Gasteiger partial charge in [0.05, 0.1) is 24.4 Å². The van der Waals surface area contributed by atoms with Crippen LogP contribution in [0.5, 0.6) is 5.75 Å². The maximum atomic E-state index is 13.0. The van der Waals surface area contributed by atoms with E-state index in [4.69, 9.17) is 21.1 Å². The fourth-order valence-electron chi connectivity index (χ4n) is 5.36. The Hall–Kier alpha value is -2.08. The van der Waals surface area contributed by atoms with Gasteiger partial charge in [-0.05, 0) is 56.7 Å². The number of hydrogen-bond acceptors (Lipinski definition) is 6. The number of ether oxygens (including phenoxy) is 3. The van der Waals surface area contributed by atoms with Crippen molar-refractivity contribution in [3.05, 3.63) is 28.8 Å². The summed E-state index contributed by atoms with van der Waals surface area (Å²) >= 11 is 5.98. The first kappa shape index (κ1) is 24.6. The first-order chi connectivity index (χ1) is 16.5. The Kier molecular flexibility index (Phi) is 6.18. The topological polar surface area (TPSA) is 106 Å². The summed E-state index contributed by atoms with van der Waals surface area (Å²) in [5, 5.41) is 16.7. The second-order valence-corrected chi connectivity index (χ2v) is 10.4. The lowest BCUT2D eigenvalue weighted by atomic mass is 9.70. The molecule has 2 bridgehead atoms. The number of halogens is 4. The lowest BCUT2D eigenvalue weighted by Crippen LogP contribution is -2.68. The molecule has 2 atom stereocenters. The molecule has 6 rings (SSSR count). The lowest BCUT2D eigenvalue weighted by Gasteiger charge is -2.53. The number of rotatable bonds is 5. The Labute approximate surface area is 204 Å². The van der Waals surface area contributed by atoms with Gasteiger partial charge >= 0.3 is 6.36 Å². The van der Waals surface area contributed by atoms with Gasteiger partial charge in [-0.25, -0.2) is 0 Å². The van der Waals surface area contributed by atoms with Crippen LogP contribution in [0.1, 0.15) is 56.6 Å². The van der Waals surface area contributed by atoms with Crippen LogP contribution in [-0.2, 0) is 19.1 Å². The highest BCUT2D eigenvalue weighted by Crippen LogP contribution is 2.45. The molecule has 35 heavy (non-hydrogen) atoms. The molecule has 2 amide bonds. The Morgan fingerprint density at radius 1 is 1.14 bits per heavy atom. The SMILES string of the molecule is O=C(NC12CCC(C(=O)N[C@H]3C[C@@H](OC(F)(F)F)C3)(CC1)OC2)[C@H]1C[C@@H](O)c2cc(Cl)ccc2O1. The summed E-state index contributed by atoms with van der Waals surface area (Å²) in [5.41, 5.74) is -1.15. The van der Waals surface area contributed by atoms with E-state index < -0.39 is 35.8 Å². The van der Waals surface area contributed by atoms with Gasteiger partial charge in [-0.2, -0.15) is 0 Å². The van der Waals surface area contributed by atoms with Crippen LogP contribution in [0.2, 0.25) is 5.02 Å². The maximum absolute atomic E-state index is 13.0. The second kappa shape index (κ2) is 8.79. The van der Waals surface area contributed by atoms with Crippen LogP contribution in [0.25, 0.3) is 0 Å². The third-order valence-corrected chi connectivity index (χ3v) is 7.74. The predicted octanol–water partition coefficient (Wildman–Crippen LogP) is 2.91. The number of carbonyl (C=O) groups is 2. The Morgan fingerprint density at radius 3 is 2.49 bits per heavy atom. The number of amides is 2. The molecule has 0 radical (unpaired) electrons. The highest BCUT2D eigenvalue weighted by molar-refractivity contribution is 6.30. The standard InChI is InChI=1S/C23H26ClF3N2O6/c24-12-1-2-17-15(7-12)16(30)10-18(34-17)19(31)29-21-3-5-22(6-4-21,33-11-21)20(32)28-13-8-14(9-13)35-23(25,26)27/h1-2,7,13-14,16,18,30H,3-6,8-11H2,(H,28,32)(H,29,31)/t13-,14+,16-,18-,21?,22?/m1/s1. The molecule has 8 nitrogen and oxygen atoms in total. The van der Waals surface area contributed by atoms with Crippen molar-refractivity contribution in [2.75, 3.05) is 6.61 Å². The maximum Gasteiger partial charge on any atom is 0.522 e. The predicted molar refractivity (Wildman–Crippen MR) is 116 cm³/mol. The molecule has 0 unspecified atom stereocenters. The van der Waals surface area contributed by atoms with Crippen LogP contribution in [0.4, 0.5) is 13.2 Å². The van der Waals surface area contributed by atoms with Crippen LogP contribution < -0.4 is 15.4 Å². The zero-order chi connectivity index (χ0) is 25.0. The largest absolute Gasteiger partial charge is 0.522 e. The summed E-state index contributed by atoms with van der Waals surface area (Å²) in [4.78, 5) is 25.9. The Morgan fingerprint density at radius 2 is 1.86 bits per heavy atom. The van der Waals surface area contributed by atoms with Crippen molar-refractivity contribution in [2.24, 2.45) is 0 Å². The van der Waals surface area contributed by atoms with Gasteiger partial charge in [0.15, 0.2) is 6.10 Å². The quantitative estimate of drug-likeness (QED) is 0.553. The summed E-state index contributed by atoms with van der Waals surface area (Å²) in [6.07, 6.45) is -5.32. The molecule has 0 spiro atoms. The molecule has 3 N–H and O–H groups in total. The van der Waals surface area contributed by atoms with Crippen LogP contribution in [-0.4, -0.2) is 59.3 Å². The van der Waals surface area contributed by atoms with Gasteiger partial charge in [0.2, 0.25) is 0 Å².